The Bertz CT molecular complexity index is 566. The smallest absolute Gasteiger partial charge is 0.147 e. The molecule has 0 bridgehead atoms. The van der Waals surface area contributed by atoms with Crippen molar-refractivity contribution >= 4 is 21.6 Å². The van der Waals surface area contributed by atoms with E-state index in [4.69, 9.17) is 0 Å². The van der Waals surface area contributed by atoms with Gasteiger partial charge in [-0.05, 0) is 42.7 Å². The second-order valence-corrected chi connectivity index (χ2v) is 5.90. The highest BCUT2D eigenvalue weighted by Gasteiger charge is 2.08. The van der Waals surface area contributed by atoms with Crippen molar-refractivity contribution in [3.8, 4) is 0 Å². The minimum absolute atomic E-state index is 0.0707. The van der Waals surface area contributed by atoms with Crippen LogP contribution in [0.2, 0.25) is 0 Å². The Morgan fingerprint density at radius 1 is 1.15 bits per heavy atom. The molecule has 1 unspecified atom stereocenters. The molecule has 0 saturated carbocycles. The Kier molecular flexibility index (Phi) is 5.18. The summed E-state index contributed by atoms with van der Waals surface area (Å²) in [7, 11) is 0. The number of hydrogen-bond donors (Lipinski definition) is 1. The van der Waals surface area contributed by atoms with E-state index in [1.54, 1.807) is 6.07 Å². The van der Waals surface area contributed by atoms with E-state index >= 15 is 0 Å². The van der Waals surface area contributed by atoms with Crippen LogP contribution in [0, 0.1) is 5.82 Å². The molecule has 2 aromatic carbocycles. The van der Waals surface area contributed by atoms with E-state index in [0.717, 1.165) is 22.9 Å². The number of nitrogens with one attached hydrogen (secondary N) is 1. The quantitative estimate of drug-likeness (QED) is 0.737. The van der Waals surface area contributed by atoms with Gasteiger partial charge in [0.2, 0.25) is 0 Å². The van der Waals surface area contributed by atoms with Crippen molar-refractivity contribution < 1.29 is 4.39 Å². The topological polar surface area (TPSA) is 12.0 Å². The van der Waals surface area contributed by atoms with Crippen LogP contribution < -0.4 is 5.32 Å². The molecule has 106 valence electrons. The van der Waals surface area contributed by atoms with Gasteiger partial charge in [-0.2, -0.15) is 0 Å². The van der Waals surface area contributed by atoms with Gasteiger partial charge in [0.05, 0.1) is 5.69 Å². The van der Waals surface area contributed by atoms with Crippen LogP contribution in [0.25, 0.3) is 0 Å². The SMILES string of the molecule is CCCc1ccc(C(C)Nc2ccc(Br)cc2F)cc1. The Morgan fingerprint density at radius 2 is 1.85 bits per heavy atom. The lowest BCUT2D eigenvalue weighted by Crippen LogP contribution is -2.08. The minimum atomic E-state index is -0.242. The molecule has 0 spiro atoms. The van der Waals surface area contributed by atoms with Crippen LogP contribution in [0.4, 0.5) is 10.1 Å². The average Bonchev–Trinajstić information content (AvgIpc) is 2.43. The van der Waals surface area contributed by atoms with Crippen LogP contribution in [0.1, 0.15) is 37.4 Å². The van der Waals surface area contributed by atoms with Crippen molar-refractivity contribution in [3.63, 3.8) is 0 Å². The Balaban J connectivity index is 2.09. The van der Waals surface area contributed by atoms with E-state index in [2.05, 4.69) is 52.4 Å². The first kappa shape index (κ1) is 15.0. The molecule has 20 heavy (non-hydrogen) atoms. The van der Waals surface area contributed by atoms with Gasteiger partial charge >= 0.3 is 0 Å². The Morgan fingerprint density at radius 3 is 2.45 bits per heavy atom. The van der Waals surface area contributed by atoms with Gasteiger partial charge in [-0.1, -0.05) is 53.5 Å². The molecule has 0 saturated heterocycles. The highest BCUT2D eigenvalue weighted by Crippen LogP contribution is 2.24. The standard InChI is InChI=1S/C17H19BrFN/c1-3-4-13-5-7-14(8-6-13)12(2)20-17-10-9-15(18)11-16(17)19/h5-12,20H,3-4H2,1-2H3. The zero-order valence-corrected chi connectivity index (χ0v) is 13.4. The summed E-state index contributed by atoms with van der Waals surface area (Å²) in [5.41, 5.74) is 3.03. The normalized spacial score (nSPS) is 12.2. The number of benzene rings is 2. The molecule has 2 aromatic rings. The van der Waals surface area contributed by atoms with Crippen molar-refractivity contribution in [2.75, 3.05) is 5.32 Å². The second kappa shape index (κ2) is 6.89. The molecular weight excluding hydrogens is 317 g/mol. The van der Waals surface area contributed by atoms with E-state index in [9.17, 15) is 4.39 Å². The number of hydrogen-bond acceptors (Lipinski definition) is 1. The van der Waals surface area contributed by atoms with Crippen molar-refractivity contribution in [1.29, 1.82) is 0 Å². The van der Waals surface area contributed by atoms with Gasteiger partial charge in [0.25, 0.3) is 0 Å². The molecule has 0 aliphatic carbocycles. The van der Waals surface area contributed by atoms with E-state index < -0.39 is 0 Å². The highest BCUT2D eigenvalue weighted by molar-refractivity contribution is 9.10. The van der Waals surface area contributed by atoms with Gasteiger partial charge in [-0.15, -0.1) is 0 Å². The lowest BCUT2D eigenvalue weighted by molar-refractivity contribution is 0.626. The summed E-state index contributed by atoms with van der Waals surface area (Å²) in [6.45, 7) is 4.21. The molecule has 0 heterocycles. The summed E-state index contributed by atoms with van der Waals surface area (Å²) < 4.78 is 14.5. The molecule has 0 aliphatic heterocycles. The summed E-state index contributed by atoms with van der Waals surface area (Å²) in [4.78, 5) is 0. The molecule has 3 heteroatoms. The molecule has 0 aliphatic rings. The van der Waals surface area contributed by atoms with Gasteiger partial charge in [0, 0.05) is 10.5 Å². The monoisotopic (exact) mass is 335 g/mol. The largest absolute Gasteiger partial charge is 0.376 e. The molecule has 1 N–H and O–H groups in total. The summed E-state index contributed by atoms with van der Waals surface area (Å²) in [6, 6.07) is 13.6. The third-order valence-electron chi connectivity index (χ3n) is 3.32. The minimum Gasteiger partial charge on any atom is -0.376 e. The van der Waals surface area contributed by atoms with Crippen molar-refractivity contribution in [1.82, 2.24) is 0 Å². The summed E-state index contributed by atoms with van der Waals surface area (Å²) in [6.07, 6.45) is 2.25. The van der Waals surface area contributed by atoms with Crippen LogP contribution in [-0.4, -0.2) is 0 Å². The number of aryl methyl sites for hydroxylation is 1. The van der Waals surface area contributed by atoms with Crippen molar-refractivity contribution in [2.45, 2.75) is 32.7 Å². The van der Waals surface area contributed by atoms with Crippen LogP contribution in [0.5, 0.6) is 0 Å². The summed E-state index contributed by atoms with van der Waals surface area (Å²) in [5, 5.41) is 3.21. The van der Waals surface area contributed by atoms with Crippen molar-refractivity contribution in [2.24, 2.45) is 0 Å². The van der Waals surface area contributed by atoms with Gasteiger partial charge in [0.15, 0.2) is 0 Å². The van der Waals surface area contributed by atoms with Crippen LogP contribution >= 0.6 is 15.9 Å². The lowest BCUT2D eigenvalue weighted by atomic mass is 10.0. The van der Waals surface area contributed by atoms with E-state index in [1.165, 1.54) is 11.6 Å². The average molecular weight is 336 g/mol. The molecule has 1 atom stereocenters. The third kappa shape index (κ3) is 3.83. The highest BCUT2D eigenvalue weighted by atomic mass is 79.9. The maximum absolute atomic E-state index is 13.8. The number of halogens is 2. The second-order valence-electron chi connectivity index (χ2n) is 4.98. The first-order chi connectivity index (χ1) is 9.60. The molecule has 1 nitrogen and oxygen atoms in total. The maximum atomic E-state index is 13.8. The van der Waals surface area contributed by atoms with Crippen molar-refractivity contribution in [3.05, 3.63) is 63.9 Å². The number of anilines is 1. The van der Waals surface area contributed by atoms with E-state index in [-0.39, 0.29) is 11.9 Å². The summed E-state index contributed by atoms with van der Waals surface area (Å²) >= 11 is 3.26. The van der Waals surface area contributed by atoms with Gasteiger partial charge < -0.3 is 5.32 Å². The molecule has 0 amide bonds. The zero-order valence-electron chi connectivity index (χ0n) is 11.8. The molecule has 2 rings (SSSR count). The fraction of sp³-hybridized carbons (Fsp3) is 0.294. The lowest BCUT2D eigenvalue weighted by Gasteiger charge is -2.17. The summed E-state index contributed by atoms with van der Waals surface area (Å²) in [5.74, 6) is -0.242. The molecule has 0 fully saturated rings. The molecule has 0 radical (unpaired) electrons. The Labute approximate surface area is 128 Å². The zero-order chi connectivity index (χ0) is 14.5. The van der Waals surface area contributed by atoms with Crippen LogP contribution in [0.3, 0.4) is 0 Å². The van der Waals surface area contributed by atoms with E-state index in [0.29, 0.717) is 5.69 Å². The third-order valence-corrected chi connectivity index (χ3v) is 3.81. The maximum Gasteiger partial charge on any atom is 0.147 e. The fourth-order valence-corrected chi connectivity index (χ4v) is 2.52. The van der Waals surface area contributed by atoms with Crippen LogP contribution in [0.15, 0.2) is 46.9 Å². The van der Waals surface area contributed by atoms with Gasteiger partial charge in [-0.3, -0.25) is 0 Å². The van der Waals surface area contributed by atoms with Crippen LogP contribution in [-0.2, 0) is 6.42 Å². The van der Waals surface area contributed by atoms with Gasteiger partial charge in [-0.25, -0.2) is 4.39 Å². The fourth-order valence-electron chi connectivity index (χ4n) is 2.18. The molecular formula is C17H19BrFN. The number of rotatable bonds is 5. The first-order valence-electron chi connectivity index (χ1n) is 6.90. The molecule has 0 aromatic heterocycles. The first-order valence-corrected chi connectivity index (χ1v) is 7.70. The van der Waals surface area contributed by atoms with E-state index in [1.807, 2.05) is 13.0 Å². The predicted molar refractivity (Wildman–Crippen MR) is 86.6 cm³/mol. The van der Waals surface area contributed by atoms with Gasteiger partial charge in [0.1, 0.15) is 5.82 Å². The Hall–Kier alpha value is -1.35. The predicted octanol–water partition coefficient (Wildman–Crippen LogP) is 5.71.